The van der Waals surface area contributed by atoms with E-state index in [2.05, 4.69) is 48.6 Å². The molecule has 1 atom stereocenters. The van der Waals surface area contributed by atoms with Crippen molar-refractivity contribution in [3.8, 4) is 11.6 Å². The van der Waals surface area contributed by atoms with E-state index in [1.54, 1.807) is 25.6 Å². The van der Waals surface area contributed by atoms with Crippen LogP contribution in [0.15, 0.2) is 67.0 Å². The number of nitrogens with zero attached hydrogens (tertiary/aromatic N) is 5. The second-order valence-electron chi connectivity index (χ2n) is 9.52. The lowest BCUT2D eigenvalue weighted by Gasteiger charge is -2.28. The van der Waals surface area contributed by atoms with Gasteiger partial charge in [-0.3, -0.25) is 14.5 Å². The second-order valence-corrected chi connectivity index (χ2v) is 9.52. The molecule has 0 saturated carbocycles. The van der Waals surface area contributed by atoms with E-state index < -0.39 is 0 Å². The van der Waals surface area contributed by atoms with Crippen LogP contribution >= 0.6 is 0 Å². The van der Waals surface area contributed by atoms with Crippen LogP contribution in [-0.4, -0.2) is 77.1 Å². The van der Waals surface area contributed by atoms with E-state index in [4.69, 9.17) is 9.47 Å². The van der Waals surface area contributed by atoms with Gasteiger partial charge >= 0.3 is 0 Å². The van der Waals surface area contributed by atoms with E-state index in [1.165, 1.54) is 11.5 Å². The van der Waals surface area contributed by atoms with Crippen molar-refractivity contribution in [2.45, 2.75) is 26.0 Å². The molecule has 3 aromatic heterocycles. The van der Waals surface area contributed by atoms with Crippen molar-refractivity contribution >= 4 is 16.7 Å². The van der Waals surface area contributed by atoms with Crippen LogP contribution in [0.4, 0.5) is 5.82 Å². The lowest BCUT2D eigenvalue weighted by molar-refractivity contribution is 0.0334. The van der Waals surface area contributed by atoms with Crippen LogP contribution in [0.3, 0.4) is 0 Å². The molecule has 5 heterocycles. The van der Waals surface area contributed by atoms with Gasteiger partial charge in [0.25, 0.3) is 0 Å². The standard InChI is InChI=1S/C24H30N4O3.C5H5N/c1-17-13-23(29)25-22-5-3-18(14-21(17)22)28-19(15-26-9-11-31-12-10-26)4-6-24(28)27-8-7-20(16-27)30-2;1-2-4-6-5-3-1/h3-6,13-14,20H,7-12,15-16H2,1-2H3,(H,25,29);1-5H. The van der Waals surface area contributed by atoms with E-state index >= 15 is 0 Å². The molecule has 1 unspecified atom stereocenters. The number of aromatic nitrogens is 3. The Bertz CT molecular complexity index is 1280. The lowest BCUT2D eigenvalue weighted by Crippen LogP contribution is -2.36. The van der Waals surface area contributed by atoms with Crippen molar-refractivity contribution < 1.29 is 14.6 Å². The fourth-order valence-electron chi connectivity index (χ4n) is 5.07. The first-order valence-corrected chi connectivity index (χ1v) is 12.9. The SMILES string of the molecule is COC1CCN(c2ccc(CN3CCOCC3)n2-c2ccc3nc(O)cc(C)c3c2)C1.c1ccncc1. The van der Waals surface area contributed by atoms with Gasteiger partial charge in [0.15, 0.2) is 0 Å². The number of ether oxygens (including phenoxy) is 2. The van der Waals surface area contributed by atoms with E-state index in [-0.39, 0.29) is 12.0 Å². The summed E-state index contributed by atoms with van der Waals surface area (Å²) in [6, 6.07) is 18.2. The molecule has 1 aromatic carbocycles. The summed E-state index contributed by atoms with van der Waals surface area (Å²) in [5.74, 6) is 1.27. The van der Waals surface area contributed by atoms with Gasteiger partial charge in [0.1, 0.15) is 5.82 Å². The zero-order valence-corrected chi connectivity index (χ0v) is 21.6. The number of anilines is 1. The van der Waals surface area contributed by atoms with Crippen molar-refractivity contribution in [1.82, 2.24) is 19.4 Å². The van der Waals surface area contributed by atoms with Crippen molar-refractivity contribution in [1.29, 1.82) is 0 Å². The van der Waals surface area contributed by atoms with Crippen molar-refractivity contribution in [2.75, 3.05) is 51.4 Å². The zero-order chi connectivity index (χ0) is 25.6. The van der Waals surface area contributed by atoms with Crippen LogP contribution in [0, 0.1) is 6.92 Å². The average molecular weight is 502 g/mol. The van der Waals surface area contributed by atoms with Gasteiger partial charge in [-0.2, -0.15) is 0 Å². The number of hydrogen-bond donors (Lipinski definition) is 1. The highest BCUT2D eigenvalue weighted by Gasteiger charge is 2.26. The topological polar surface area (TPSA) is 75.9 Å². The number of hydrogen-bond acceptors (Lipinski definition) is 7. The molecular weight excluding hydrogens is 466 g/mol. The van der Waals surface area contributed by atoms with Crippen LogP contribution in [0.25, 0.3) is 16.6 Å². The van der Waals surface area contributed by atoms with Gasteiger partial charge < -0.3 is 19.5 Å². The third-order valence-electron chi connectivity index (χ3n) is 7.04. The summed E-state index contributed by atoms with van der Waals surface area (Å²) in [4.78, 5) is 12.9. The molecule has 8 nitrogen and oxygen atoms in total. The number of rotatable bonds is 5. The molecule has 4 aromatic rings. The van der Waals surface area contributed by atoms with Crippen LogP contribution < -0.4 is 4.90 Å². The number of methoxy groups -OCH3 is 1. The molecule has 2 saturated heterocycles. The summed E-state index contributed by atoms with van der Waals surface area (Å²) in [7, 11) is 1.80. The Morgan fingerprint density at radius 3 is 2.51 bits per heavy atom. The molecule has 37 heavy (non-hydrogen) atoms. The minimum atomic E-state index is 0.0649. The lowest BCUT2D eigenvalue weighted by atomic mass is 10.1. The zero-order valence-electron chi connectivity index (χ0n) is 21.6. The van der Waals surface area contributed by atoms with Gasteiger partial charge in [-0.25, -0.2) is 4.98 Å². The molecule has 6 rings (SSSR count). The van der Waals surface area contributed by atoms with Gasteiger partial charge in [-0.05, 0) is 61.4 Å². The first-order valence-electron chi connectivity index (χ1n) is 12.9. The highest BCUT2D eigenvalue weighted by molar-refractivity contribution is 5.85. The summed E-state index contributed by atoms with van der Waals surface area (Å²) in [6.07, 6.45) is 4.82. The Morgan fingerprint density at radius 1 is 1.03 bits per heavy atom. The molecular formula is C29H35N5O3. The largest absolute Gasteiger partial charge is 0.493 e. The number of morpholine rings is 1. The van der Waals surface area contributed by atoms with E-state index in [0.29, 0.717) is 0 Å². The number of aromatic hydroxyl groups is 1. The molecule has 0 radical (unpaired) electrons. The Morgan fingerprint density at radius 2 is 1.84 bits per heavy atom. The molecule has 8 heteroatoms. The van der Waals surface area contributed by atoms with Gasteiger partial charge in [-0.15, -0.1) is 0 Å². The summed E-state index contributed by atoms with van der Waals surface area (Å²) < 4.78 is 13.5. The maximum atomic E-state index is 9.88. The first kappa shape index (κ1) is 25.2. The maximum Gasteiger partial charge on any atom is 0.211 e. The van der Waals surface area contributed by atoms with Gasteiger partial charge in [0.05, 0.1) is 24.8 Å². The number of benzene rings is 1. The average Bonchev–Trinajstić information content (AvgIpc) is 3.58. The highest BCUT2D eigenvalue weighted by Crippen LogP contribution is 2.31. The van der Waals surface area contributed by atoms with Crippen LogP contribution in [0.1, 0.15) is 17.7 Å². The Hall–Kier alpha value is -3.46. The van der Waals surface area contributed by atoms with E-state index in [0.717, 1.165) is 74.5 Å². The quantitative estimate of drug-likeness (QED) is 0.440. The third-order valence-corrected chi connectivity index (χ3v) is 7.04. The molecule has 2 fully saturated rings. The minimum absolute atomic E-state index is 0.0649. The van der Waals surface area contributed by atoms with Crippen molar-refractivity contribution in [3.05, 3.63) is 78.2 Å². The molecule has 2 aliphatic heterocycles. The van der Waals surface area contributed by atoms with E-state index in [1.807, 2.05) is 31.2 Å². The predicted molar refractivity (Wildman–Crippen MR) is 145 cm³/mol. The van der Waals surface area contributed by atoms with Crippen LogP contribution in [0.2, 0.25) is 0 Å². The summed E-state index contributed by atoms with van der Waals surface area (Å²) in [5.41, 5.74) is 4.22. The highest BCUT2D eigenvalue weighted by atomic mass is 16.5. The van der Waals surface area contributed by atoms with Crippen LogP contribution in [0.5, 0.6) is 5.88 Å². The fourth-order valence-corrected chi connectivity index (χ4v) is 5.07. The smallest absolute Gasteiger partial charge is 0.211 e. The molecule has 0 amide bonds. The van der Waals surface area contributed by atoms with Crippen molar-refractivity contribution in [2.24, 2.45) is 0 Å². The van der Waals surface area contributed by atoms with Gasteiger partial charge in [0.2, 0.25) is 5.88 Å². The Labute approximate surface area is 218 Å². The summed E-state index contributed by atoms with van der Waals surface area (Å²) in [5, 5.41) is 10.9. The predicted octanol–water partition coefficient (Wildman–Crippen LogP) is 4.18. The first-order chi connectivity index (χ1) is 18.1. The molecule has 0 bridgehead atoms. The molecule has 0 aliphatic carbocycles. The molecule has 0 spiro atoms. The van der Waals surface area contributed by atoms with Gasteiger partial charge in [0, 0.05) is 75.1 Å². The van der Waals surface area contributed by atoms with Gasteiger partial charge in [-0.1, -0.05) is 6.07 Å². The monoisotopic (exact) mass is 501 g/mol. The molecule has 194 valence electrons. The van der Waals surface area contributed by atoms with Crippen LogP contribution in [-0.2, 0) is 16.0 Å². The Kier molecular flexibility index (Phi) is 7.99. The second kappa shape index (κ2) is 11.7. The third kappa shape index (κ3) is 5.93. The minimum Gasteiger partial charge on any atom is -0.493 e. The Balaban J connectivity index is 0.000000412. The van der Waals surface area contributed by atoms with Crippen molar-refractivity contribution in [3.63, 3.8) is 0 Å². The molecule has 1 N–H and O–H groups in total. The summed E-state index contributed by atoms with van der Waals surface area (Å²) >= 11 is 0. The number of fused-ring (bicyclic) bond motifs is 1. The summed E-state index contributed by atoms with van der Waals surface area (Å²) in [6.45, 7) is 8.28. The van der Waals surface area contributed by atoms with E-state index in [9.17, 15) is 5.11 Å². The normalized spacial score (nSPS) is 18.1. The number of aryl methyl sites for hydroxylation is 1. The fraction of sp³-hybridized carbons (Fsp3) is 0.379. The molecule has 2 aliphatic rings. The maximum absolute atomic E-state index is 9.88. The number of pyridine rings is 2.